The zero-order valence-corrected chi connectivity index (χ0v) is 22.1. The number of rotatable bonds is 7. The first-order chi connectivity index (χ1) is 18.6. The number of esters is 1. The number of anilines is 3. The van der Waals surface area contributed by atoms with E-state index in [0.717, 1.165) is 59.7 Å². The molecule has 1 atom stereocenters. The Morgan fingerprint density at radius 1 is 0.763 bits per heavy atom. The van der Waals surface area contributed by atoms with Gasteiger partial charge in [-0.1, -0.05) is 43.7 Å². The number of ether oxygens (including phenoxy) is 2. The average Bonchev–Trinajstić information content (AvgIpc) is 3.24. The van der Waals surface area contributed by atoms with Crippen LogP contribution in [0.1, 0.15) is 59.8 Å². The highest BCUT2D eigenvalue weighted by Crippen LogP contribution is 2.57. The Labute approximate surface area is 224 Å². The first kappa shape index (κ1) is 24.1. The molecule has 0 radical (unpaired) electrons. The summed E-state index contributed by atoms with van der Waals surface area (Å²) >= 11 is 0. The van der Waals surface area contributed by atoms with Crippen molar-refractivity contribution in [2.24, 2.45) is 0 Å². The molecular weight excluding hydrogens is 472 g/mol. The summed E-state index contributed by atoms with van der Waals surface area (Å²) in [4.78, 5) is 15.5. The third kappa shape index (κ3) is 3.81. The van der Waals surface area contributed by atoms with E-state index in [1.165, 1.54) is 5.56 Å². The van der Waals surface area contributed by atoms with Crippen LogP contribution in [0.4, 0.5) is 17.1 Å². The van der Waals surface area contributed by atoms with Gasteiger partial charge in [0, 0.05) is 52.9 Å². The maximum Gasteiger partial charge on any atom is 0.340 e. The minimum atomic E-state index is -1.08. The van der Waals surface area contributed by atoms with Gasteiger partial charge in [-0.2, -0.15) is 0 Å². The number of hydrogen-bond acceptors (Lipinski definition) is 5. The van der Waals surface area contributed by atoms with E-state index < -0.39 is 5.60 Å². The average molecular weight is 505 g/mol. The summed E-state index contributed by atoms with van der Waals surface area (Å²) in [6, 6.07) is 28.4. The number of nitrogens with zero attached hydrogens (tertiary/aromatic N) is 1. The van der Waals surface area contributed by atoms with Crippen LogP contribution in [0, 0.1) is 0 Å². The van der Waals surface area contributed by atoms with Crippen molar-refractivity contribution in [1.29, 1.82) is 0 Å². The van der Waals surface area contributed by atoms with Crippen molar-refractivity contribution in [3.8, 4) is 11.5 Å². The lowest BCUT2D eigenvalue weighted by molar-refractivity contribution is 0.0224. The number of carbonyl (C=O) groups excluding carboxylic acids is 1. The van der Waals surface area contributed by atoms with Gasteiger partial charge in [0.1, 0.15) is 11.5 Å². The van der Waals surface area contributed by atoms with E-state index in [4.69, 9.17) is 9.47 Å². The fourth-order valence-electron chi connectivity index (χ4n) is 5.73. The molecule has 0 aromatic heterocycles. The molecule has 4 aromatic carbocycles. The molecule has 0 fully saturated rings. The van der Waals surface area contributed by atoms with Crippen molar-refractivity contribution >= 4 is 23.0 Å². The Bertz CT molecular complexity index is 1510. The summed E-state index contributed by atoms with van der Waals surface area (Å²) in [5.74, 6) is 1.07. The van der Waals surface area contributed by atoms with Gasteiger partial charge >= 0.3 is 5.97 Å². The minimum absolute atomic E-state index is 0.322. The molecule has 4 aromatic rings. The van der Waals surface area contributed by atoms with Crippen LogP contribution in [0.15, 0.2) is 84.9 Å². The van der Waals surface area contributed by atoms with E-state index in [1.54, 1.807) is 0 Å². The summed E-state index contributed by atoms with van der Waals surface area (Å²) < 4.78 is 12.9. The van der Waals surface area contributed by atoms with E-state index in [9.17, 15) is 4.79 Å². The van der Waals surface area contributed by atoms with E-state index in [0.29, 0.717) is 17.1 Å². The second-order valence-corrected chi connectivity index (χ2v) is 9.85. The van der Waals surface area contributed by atoms with Crippen molar-refractivity contribution in [2.75, 3.05) is 23.3 Å². The van der Waals surface area contributed by atoms with E-state index in [1.807, 2.05) is 48.5 Å². The molecule has 192 valence electrons. The molecule has 5 nitrogen and oxygen atoms in total. The van der Waals surface area contributed by atoms with Gasteiger partial charge in [-0.15, -0.1) is 0 Å². The Balaban J connectivity index is 1.48. The maximum atomic E-state index is 13.2. The van der Waals surface area contributed by atoms with E-state index >= 15 is 0 Å². The third-order valence-electron chi connectivity index (χ3n) is 7.61. The lowest BCUT2D eigenvalue weighted by atomic mass is 9.77. The normalized spacial score (nSPS) is 16.8. The highest BCUT2D eigenvalue weighted by molar-refractivity contribution is 5.97. The summed E-state index contributed by atoms with van der Waals surface area (Å²) in [7, 11) is 0. The molecule has 6 rings (SSSR count). The highest BCUT2D eigenvalue weighted by atomic mass is 16.6. The molecule has 0 saturated carbocycles. The van der Waals surface area contributed by atoms with Crippen LogP contribution in [0.3, 0.4) is 0 Å². The van der Waals surface area contributed by atoms with Gasteiger partial charge in [0.25, 0.3) is 0 Å². The van der Waals surface area contributed by atoms with E-state index in [2.05, 4.69) is 67.4 Å². The number of nitrogens with one attached hydrogen (secondary N) is 1. The zero-order chi connectivity index (χ0) is 26.3. The zero-order valence-electron chi connectivity index (χ0n) is 22.1. The summed E-state index contributed by atoms with van der Waals surface area (Å²) in [5.41, 5.74) is 6.30. The van der Waals surface area contributed by atoms with Crippen LogP contribution in [-0.2, 0) is 16.8 Å². The second kappa shape index (κ2) is 9.56. The number of fused-ring (bicyclic) bond motifs is 6. The molecule has 0 saturated heterocycles. The predicted octanol–water partition coefficient (Wildman–Crippen LogP) is 7.80. The quantitative estimate of drug-likeness (QED) is 0.260. The molecule has 1 N–H and O–H groups in total. The third-order valence-corrected chi connectivity index (χ3v) is 7.61. The van der Waals surface area contributed by atoms with Gasteiger partial charge in [-0.25, -0.2) is 4.79 Å². The maximum absolute atomic E-state index is 13.2. The first-order valence-electron chi connectivity index (χ1n) is 13.5. The Kier molecular flexibility index (Phi) is 6.07. The highest BCUT2D eigenvalue weighted by Gasteiger charge is 2.53. The Hall–Kier alpha value is -4.25. The van der Waals surface area contributed by atoms with Crippen LogP contribution in [0.5, 0.6) is 11.5 Å². The fourth-order valence-corrected chi connectivity index (χ4v) is 5.73. The fraction of sp³-hybridized carbons (Fsp3) is 0.242. The minimum Gasteiger partial charge on any atom is -0.456 e. The van der Waals surface area contributed by atoms with Gasteiger partial charge in [0.05, 0.1) is 5.56 Å². The number of benzene rings is 4. The van der Waals surface area contributed by atoms with Crippen molar-refractivity contribution in [3.63, 3.8) is 0 Å². The number of aryl methyl sites for hydroxylation is 1. The molecule has 0 aliphatic carbocycles. The lowest BCUT2D eigenvalue weighted by Crippen LogP contribution is -2.33. The van der Waals surface area contributed by atoms with Crippen molar-refractivity contribution in [2.45, 2.75) is 39.2 Å². The Morgan fingerprint density at radius 2 is 1.53 bits per heavy atom. The largest absolute Gasteiger partial charge is 0.456 e. The van der Waals surface area contributed by atoms with Gasteiger partial charge < -0.3 is 19.7 Å². The molecule has 1 spiro atoms. The molecular formula is C33H32N2O3. The van der Waals surface area contributed by atoms with Crippen LogP contribution in [0.2, 0.25) is 0 Å². The standard InChI is InChI=1S/C33H32N2O3/c1-4-9-22-12-14-23(15-13-22)34-24-16-19-30-29(20-24)33(27-11-8-7-10-26(27)32(36)38-33)28-18-17-25(21-31(28)37-30)35(5-2)6-3/h7-8,10-21,34H,4-6,9H2,1-3H3. The molecule has 2 aliphatic heterocycles. The van der Waals surface area contributed by atoms with E-state index in [-0.39, 0.29) is 5.97 Å². The SMILES string of the molecule is CCCc1ccc(Nc2ccc3c(c2)C2(OC(=O)c4ccccc42)c2ccc(N(CC)CC)cc2O3)cc1. The van der Waals surface area contributed by atoms with Crippen LogP contribution < -0.4 is 15.0 Å². The molecule has 0 amide bonds. The summed E-state index contributed by atoms with van der Waals surface area (Å²) in [5, 5.41) is 3.53. The number of carbonyl (C=O) groups is 1. The smallest absolute Gasteiger partial charge is 0.340 e. The predicted molar refractivity (Wildman–Crippen MR) is 152 cm³/mol. The van der Waals surface area contributed by atoms with Crippen LogP contribution in [-0.4, -0.2) is 19.1 Å². The Morgan fingerprint density at radius 3 is 2.29 bits per heavy atom. The number of hydrogen-bond donors (Lipinski definition) is 1. The summed E-state index contributed by atoms with van der Waals surface area (Å²) in [6.07, 6.45) is 2.19. The second-order valence-electron chi connectivity index (χ2n) is 9.85. The van der Waals surface area contributed by atoms with Crippen LogP contribution >= 0.6 is 0 Å². The van der Waals surface area contributed by atoms with Crippen molar-refractivity contribution < 1.29 is 14.3 Å². The van der Waals surface area contributed by atoms with Gasteiger partial charge in [-0.3, -0.25) is 0 Å². The molecule has 2 aliphatic rings. The van der Waals surface area contributed by atoms with Crippen molar-refractivity contribution in [3.05, 3.63) is 113 Å². The lowest BCUT2D eigenvalue weighted by Gasteiger charge is -2.37. The topological polar surface area (TPSA) is 50.8 Å². The molecule has 1 unspecified atom stereocenters. The van der Waals surface area contributed by atoms with Gasteiger partial charge in [-0.05, 0) is 74.4 Å². The summed E-state index contributed by atoms with van der Waals surface area (Å²) in [6.45, 7) is 8.25. The molecule has 0 bridgehead atoms. The molecule has 2 heterocycles. The molecule has 5 heteroatoms. The monoisotopic (exact) mass is 504 g/mol. The first-order valence-corrected chi connectivity index (χ1v) is 13.5. The van der Waals surface area contributed by atoms with Crippen molar-refractivity contribution in [1.82, 2.24) is 0 Å². The van der Waals surface area contributed by atoms with Gasteiger partial charge in [0.2, 0.25) is 0 Å². The van der Waals surface area contributed by atoms with Crippen LogP contribution in [0.25, 0.3) is 0 Å². The van der Waals surface area contributed by atoms with Gasteiger partial charge in [0.15, 0.2) is 5.60 Å². The molecule has 38 heavy (non-hydrogen) atoms.